The summed E-state index contributed by atoms with van der Waals surface area (Å²) in [5, 5.41) is 4.99. The van der Waals surface area contributed by atoms with Gasteiger partial charge in [0.1, 0.15) is 5.82 Å². The van der Waals surface area contributed by atoms with Crippen LogP contribution in [-0.4, -0.2) is 25.8 Å². The summed E-state index contributed by atoms with van der Waals surface area (Å²) in [6, 6.07) is 5.48. The van der Waals surface area contributed by atoms with E-state index in [4.69, 9.17) is 5.14 Å². The van der Waals surface area contributed by atoms with Crippen molar-refractivity contribution in [1.29, 1.82) is 0 Å². The second-order valence-electron chi connectivity index (χ2n) is 4.43. The maximum atomic E-state index is 14.7. The Hall–Kier alpha value is -1.05. The molecule has 4 nitrogen and oxygen atoms in total. The average molecular weight is 276 g/mol. The van der Waals surface area contributed by atoms with E-state index in [1.165, 1.54) is 18.2 Å². The lowest BCUT2D eigenvalue weighted by Gasteiger charge is -2.36. The number of rotatable bonds is 2. The SMILES string of the molecule is NS(=O)(=O)N1CCC[C@](F)(c2ccccc2F)C1. The minimum absolute atomic E-state index is 0.0833. The number of hydrogen-bond donors (Lipinski definition) is 1. The van der Waals surface area contributed by atoms with E-state index in [2.05, 4.69) is 0 Å². The van der Waals surface area contributed by atoms with Gasteiger partial charge in [-0.15, -0.1) is 0 Å². The Labute approximate surface area is 105 Å². The van der Waals surface area contributed by atoms with Crippen LogP contribution >= 0.6 is 0 Å². The zero-order chi connectivity index (χ0) is 13.4. The molecule has 0 unspecified atom stereocenters. The predicted octanol–water partition coefficient (Wildman–Crippen LogP) is 1.29. The zero-order valence-electron chi connectivity index (χ0n) is 9.64. The molecule has 1 saturated heterocycles. The molecule has 0 spiro atoms. The molecule has 1 fully saturated rings. The molecule has 2 rings (SSSR count). The molecule has 1 heterocycles. The van der Waals surface area contributed by atoms with Crippen LogP contribution in [0.1, 0.15) is 18.4 Å². The zero-order valence-corrected chi connectivity index (χ0v) is 10.5. The van der Waals surface area contributed by atoms with Crippen LogP contribution in [0.5, 0.6) is 0 Å². The lowest BCUT2D eigenvalue weighted by atomic mass is 9.88. The van der Waals surface area contributed by atoms with E-state index in [0.717, 1.165) is 10.4 Å². The second-order valence-corrected chi connectivity index (χ2v) is 5.97. The van der Waals surface area contributed by atoms with Crippen molar-refractivity contribution in [2.45, 2.75) is 18.5 Å². The number of alkyl halides is 1. The van der Waals surface area contributed by atoms with Crippen molar-refractivity contribution < 1.29 is 17.2 Å². The van der Waals surface area contributed by atoms with Gasteiger partial charge in [-0.1, -0.05) is 18.2 Å². The summed E-state index contributed by atoms with van der Waals surface area (Å²) in [6.07, 6.45) is 0.390. The number of hydrogen-bond acceptors (Lipinski definition) is 2. The Kier molecular flexibility index (Phi) is 3.39. The van der Waals surface area contributed by atoms with Gasteiger partial charge >= 0.3 is 0 Å². The molecule has 1 atom stereocenters. The first kappa shape index (κ1) is 13.4. The van der Waals surface area contributed by atoms with E-state index in [1.807, 2.05) is 0 Å². The molecule has 18 heavy (non-hydrogen) atoms. The molecule has 0 bridgehead atoms. The quantitative estimate of drug-likeness (QED) is 0.884. The van der Waals surface area contributed by atoms with Crippen LogP contribution in [0.15, 0.2) is 24.3 Å². The van der Waals surface area contributed by atoms with Gasteiger partial charge in [0.05, 0.1) is 6.54 Å². The molecule has 1 aromatic rings. The van der Waals surface area contributed by atoms with Crippen LogP contribution in [0.4, 0.5) is 8.78 Å². The Bertz CT molecular complexity index is 550. The molecule has 1 aliphatic rings. The topological polar surface area (TPSA) is 63.4 Å². The Morgan fingerprint density at radius 2 is 2.00 bits per heavy atom. The molecule has 0 amide bonds. The summed E-state index contributed by atoms with van der Waals surface area (Å²) in [5.41, 5.74) is -2.13. The third-order valence-electron chi connectivity index (χ3n) is 3.12. The molecule has 0 radical (unpaired) electrons. The Balaban J connectivity index is 2.35. The number of benzene rings is 1. The summed E-state index contributed by atoms with van der Waals surface area (Å²) in [6.45, 7) is -0.272. The fourth-order valence-corrected chi connectivity index (χ4v) is 3.00. The summed E-state index contributed by atoms with van der Waals surface area (Å²) in [4.78, 5) is 0. The minimum atomic E-state index is -3.95. The van der Waals surface area contributed by atoms with E-state index in [0.29, 0.717) is 6.42 Å². The molecular formula is C11H14F2N2O2S. The lowest BCUT2D eigenvalue weighted by Crippen LogP contribution is -2.49. The van der Waals surface area contributed by atoms with E-state index in [1.54, 1.807) is 0 Å². The monoisotopic (exact) mass is 276 g/mol. The molecule has 100 valence electrons. The fraction of sp³-hybridized carbons (Fsp3) is 0.455. The van der Waals surface area contributed by atoms with E-state index in [-0.39, 0.29) is 18.5 Å². The van der Waals surface area contributed by atoms with Gasteiger partial charge in [-0.3, -0.25) is 0 Å². The van der Waals surface area contributed by atoms with Crippen molar-refractivity contribution in [2.75, 3.05) is 13.1 Å². The van der Waals surface area contributed by atoms with Gasteiger partial charge in [-0.2, -0.15) is 12.7 Å². The summed E-state index contributed by atoms with van der Waals surface area (Å²) in [5.74, 6) is -0.670. The first-order valence-electron chi connectivity index (χ1n) is 5.55. The number of nitrogens with zero attached hydrogens (tertiary/aromatic N) is 1. The third kappa shape index (κ3) is 2.52. The standard InChI is InChI=1S/C11H14F2N2O2S/c12-10-5-2-1-4-9(10)11(13)6-3-7-15(8-11)18(14,16)17/h1-2,4-5H,3,6-8H2,(H2,14,16,17)/t11-/m1/s1. The maximum Gasteiger partial charge on any atom is 0.277 e. The number of piperidine rings is 1. The summed E-state index contributed by atoms with van der Waals surface area (Å²) >= 11 is 0. The fourth-order valence-electron chi connectivity index (χ4n) is 2.23. The van der Waals surface area contributed by atoms with Crippen molar-refractivity contribution in [2.24, 2.45) is 5.14 Å². The molecule has 0 aromatic heterocycles. The molecule has 7 heteroatoms. The van der Waals surface area contributed by atoms with Crippen LogP contribution in [0.3, 0.4) is 0 Å². The molecule has 1 aliphatic heterocycles. The summed E-state index contributed by atoms with van der Waals surface area (Å²) in [7, 11) is -3.95. The average Bonchev–Trinajstić information content (AvgIpc) is 2.28. The van der Waals surface area contributed by atoms with Gasteiger partial charge in [0.15, 0.2) is 5.67 Å². The van der Waals surface area contributed by atoms with Crippen molar-refractivity contribution >= 4 is 10.2 Å². The second kappa shape index (κ2) is 4.56. The molecule has 0 saturated carbocycles. The van der Waals surface area contributed by atoms with Gasteiger partial charge in [0.25, 0.3) is 10.2 Å². The first-order valence-corrected chi connectivity index (χ1v) is 7.05. The van der Waals surface area contributed by atoms with E-state index >= 15 is 0 Å². The van der Waals surface area contributed by atoms with Crippen molar-refractivity contribution in [3.63, 3.8) is 0 Å². The van der Waals surface area contributed by atoms with Crippen LogP contribution in [-0.2, 0) is 15.9 Å². The highest BCUT2D eigenvalue weighted by atomic mass is 32.2. The Morgan fingerprint density at radius 3 is 2.61 bits per heavy atom. The van der Waals surface area contributed by atoms with Gasteiger partial charge < -0.3 is 0 Å². The highest BCUT2D eigenvalue weighted by Crippen LogP contribution is 2.37. The highest BCUT2D eigenvalue weighted by molar-refractivity contribution is 7.86. The Morgan fingerprint density at radius 1 is 1.33 bits per heavy atom. The van der Waals surface area contributed by atoms with Crippen LogP contribution in [0.2, 0.25) is 0 Å². The van der Waals surface area contributed by atoms with Gasteiger partial charge in [0, 0.05) is 12.1 Å². The molecule has 0 aliphatic carbocycles. The van der Waals surface area contributed by atoms with Gasteiger partial charge in [-0.25, -0.2) is 13.9 Å². The molecule has 1 aromatic carbocycles. The normalized spacial score (nSPS) is 26.2. The van der Waals surface area contributed by atoms with Crippen molar-refractivity contribution in [3.05, 3.63) is 35.6 Å². The number of nitrogens with two attached hydrogens (primary N) is 1. The maximum absolute atomic E-state index is 14.7. The predicted molar refractivity (Wildman–Crippen MR) is 63.1 cm³/mol. The third-order valence-corrected chi connectivity index (χ3v) is 4.16. The smallest absolute Gasteiger partial charge is 0.237 e. The lowest BCUT2D eigenvalue weighted by molar-refractivity contribution is 0.0777. The van der Waals surface area contributed by atoms with Crippen LogP contribution < -0.4 is 5.14 Å². The van der Waals surface area contributed by atoms with E-state index in [9.17, 15) is 17.2 Å². The summed E-state index contributed by atoms with van der Waals surface area (Å²) < 4.78 is 51.7. The largest absolute Gasteiger partial charge is 0.277 e. The number of halogens is 2. The highest BCUT2D eigenvalue weighted by Gasteiger charge is 2.41. The van der Waals surface area contributed by atoms with Crippen molar-refractivity contribution in [1.82, 2.24) is 4.31 Å². The van der Waals surface area contributed by atoms with E-state index < -0.39 is 28.2 Å². The molecular weight excluding hydrogens is 262 g/mol. The van der Waals surface area contributed by atoms with Crippen LogP contribution in [0, 0.1) is 5.82 Å². The minimum Gasteiger partial charge on any atom is -0.237 e. The first-order chi connectivity index (χ1) is 8.33. The van der Waals surface area contributed by atoms with Crippen LogP contribution in [0.25, 0.3) is 0 Å². The van der Waals surface area contributed by atoms with Crippen molar-refractivity contribution in [3.8, 4) is 0 Å². The van der Waals surface area contributed by atoms with Gasteiger partial charge in [0.2, 0.25) is 0 Å². The molecule has 2 N–H and O–H groups in total. The van der Waals surface area contributed by atoms with Gasteiger partial charge in [-0.05, 0) is 18.9 Å².